The van der Waals surface area contributed by atoms with E-state index in [1.54, 1.807) is 29.8 Å². The van der Waals surface area contributed by atoms with E-state index in [1.165, 1.54) is 0 Å². The highest BCUT2D eigenvalue weighted by Crippen LogP contribution is 2.34. The summed E-state index contributed by atoms with van der Waals surface area (Å²) in [5, 5.41) is 2.05. The van der Waals surface area contributed by atoms with E-state index in [2.05, 4.69) is 26.0 Å². The highest BCUT2D eigenvalue weighted by Gasteiger charge is 2.31. The molecule has 1 aliphatic heterocycles. The second kappa shape index (κ2) is 6.59. The number of thiophene rings is 1. The molecule has 5 rings (SSSR count). The number of carbonyl (C=O) groups is 1. The van der Waals surface area contributed by atoms with Crippen LogP contribution in [-0.2, 0) is 0 Å². The van der Waals surface area contributed by atoms with Crippen molar-refractivity contribution >= 4 is 28.4 Å². The van der Waals surface area contributed by atoms with Crippen LogP contribution in [0.5, 0.6) is 0 Å². The Morgan fingerprint density at radius 1 is 1.07 bits per heavy atom. The van der Waals surface area contributed by atoms with Gasteiger partial charge in [0.1, 0.15) is 11.2 Å². The Balaban J connectivity index is 1.51. The summed E-state index contributed by atoms with van der Waals surface area (Å²) >= 11 is 1.67. The summed E-state index contributed by atoms with van der Waals surface area (Å²) in [4.78, 5) is 29.3. The Bertz CT molecular complexity index is 1090. The summed E-state index contributed by atoms with van der Waals surface area (Å²) < 4.78 is 2.20. The van der Waals surface area contributed by atoms with E-state index >= 15 is 0 Å². The van der Waals surface area contributed by atoms with Gasteiger partial charge in [-0.15, -0.1) is 11.3 Å². The number of likely N-dealkylation sites (tertiary alicyclic amines) is 1. The normalized spacial score (nSPS) is 16.9. The van der Waals surface area contributed by atoms with Crippen LogP contribution >= 0.6 is 11.3 Å². The largest absolute Gasteiger partial charge is 0.335 e. The van der Waals surface area contributed by atoms with Crippen molar-refractivity contribution in [3.05, 3.63) is 65.9 Å². The van der Waals surface area contributed by atoms with Gasteiger partial charge in [-0.25, -0.2) is 9.97 Å². The van der Waals surface area contributed by atoms with Gasteiger partial charge in [-0.2, -0.15) is 0 Å². The quantitative estimate of drug-likeness (QED) is 0.548. The standard InChI is InChI=1S/C20H17N5OS/c26-20(16-5-1-2-9-21-16)24-11-8-14(13-24)25-18-15(6-3-10-22-18)23-19(25)17-7-4-12-27-17/h1-7,9-10,12,14H,8,11,13H2/t14-/m1/s1. The minimum absolute atomic E-state index is 0.0202. The first-order valence-electron chi connectivity index (χ1n) is 8.88. The second-order valence-corrected chi connectivity index (χ2v) is 7.49. The zero-order valence-electron chi connectivity index (χ0n) is 14.5. The van der Waals surface area contributed by atoms with Crippen molar-refractivity contribution < 1.29 is 4.79 Å². The SMILES string of the molecule is O=C(c1ccccn1)N1CC[C@@H](n2c(-c3cccs3)nc3cccnc32)C1. The molecule has 1 aliphatic rings. The topological polar surface area (TPSA) is 63.9 Å². The minimum atomic E-state index is -0.0202. The molecule has 0 N–H and O–H groups in total. The molecule has 1 fully saturated rings. The molecule has 0 bridgehead atoms. The number of hydrogen-bond donors (Lipinski definition) is 0. The Labute approximate surface area is 160 Å². The summed E-state index contributed by atoms with van der Waals surface area (Å²) in [5.74, 6) is 0.906. The van der Waals surface area contributed by atoms with Crippen molar-refractivity contribution in [1.29, 1.82) is 0 Å². The van der Waals surface area contributed by atoms with E-state index in [9.17, 15) is 4.79 Å². The van der Waals surface area contributed by atoms with Crippen molar-refractivity contribution in [3.63, 3.8) is 0 Å². The molecule has 4 aromatic heterocycles. The van der Waals surface area contributed by atoms with Gasteiger partial charge >= 0.3 is 0 Å². The van der Waals surface area contributed by atoms with Crippen molar-refractivity contribution in [1.82, 2.24) is 24.4 Å². The maximum absolute atomic E-state index is 12.8. The smallest absolute Gasteiger partial charge is 0.272 e. The number of imidazole rings is 1. The van der Waals surface area contributed by atoms with E-state index in [4.69, 9.17) is 4.98 Å². The van der Waals surface area contributed by atoms with Gasteiger partial charge in [-0.3, -0.25) is 9.78 Å². The number of rotatable bonds is 3. The van der Waals surface area contributed by atoms with E-state index in [0.29, 0.717) is 18.8 Å². The molecular weight excluding hydrogens is 358 g/mol. The predicted molar refractivity (Wildman–Crippen MR) is 105 cm³/mol. The molecular formula is C20H17N5OS. The lowest BCUT2D eigenvalue weighted by molar-refractivity contribution is 0.0782. The Hall–Kier alpha value is -3.06. The van der Waals surface area contributed by atoms with Crippen molar-refractivity contribution in [3.8, 4) is 10.7 Å². The molecule has 1 atom stereocenters. The van der Waals surface area contributed by atoms with Crippen LogP contribution in [-0.4, -0.2) is 43.4 Å². The van der Waals surface area contributed by atoms with Crippen molar-refractivity contribution in [2.75, 3.05) is 13.1 Å². The maximum Gasteiger partial charge on any atom is 0.272 e. The Morgan fingerprint density at radius 2 is 2.00 bits per heavy atom. The molecule has 5 heterocycles. The highest BCUT2D eigenvalue weighted by atomic mass is 32.1. The highest BCUT2D eigenvalue weighted by molar-refractivity contribution is 7.13. The number of nitrogens with zero attached hydrogens (tertiary/aromatic N) is 5. The lowest BCUT2D eigenvalue weighted by atomic mass is 10.2. The van der Waals surface area contributed by atoms with Crippen LogP contribution in [0.15, 0.2) is 60.2 Å². The van der Waals surface area contributed by atoms with Crippen LogP contribution in [0.1, 0.15) is 23.0 Å². The van der Waals surface area contributed by atoms with Crippen LogP contribution in [0.3, 0.4) is 0 Å². The number of fused-ring (bicyclic) bond motifs is 1. The average Bonchev–Trinajstić information content (AvgIpc) is 3.46. The van der Waals surface area contributed by atoms with Crippen molar-refractivity contribution in [2.45, 2.75) is 12.5 Å². The third-order valence-electron chi connectivity index (χ3n) is 4.89. The fourth-order valence-electron chi connectivity index (χ4n) is 3.64. The first-order chi connectivity index (χ1) is 13.3. The van der Waals surface area contributed by atoms with E-state index in [1.807, 2.05) is 35.2 Å². The zero-order chi connectivity index (χ0) is 18.2. The predicted octanol–water partition coefficient (Wildman–Crippen LogP) is 3.64. The molecule has 0 aliphatic carbocycles. The molecule has 6 nitrogen and oxygen atoms in total. The van der Waals surface area contributed by atoms with Crippen LogP contribution < -0.4 is 0 Å². The van der Waals surface area contributed by atoms with Crippen LogP contribution in [0.2, 0.25) is 0 Å². The van der Waals surface area contributed by atoms with Gasteiger partial charge in [0.05, 0.1) is 10.9 Å². The molecule has 27 heavy (non-hydrogen) atoms. The minimum Gasteiger partial charge on any atom is -0.335 e. The monoisotopic (exact) mass is 375 g/mol. The third-order valence-corrected chi connectivity index (χ3v) is 5.76. The van der Waals surface area contributed by atoms with Gasteiger partial charge in [0.2, 0.25) is 0 Å². The molecule has 0 saturated carbocycles. The fraction of sp³-hybridized carbons (Fsp3) is 0.200. The molecule has 0 unspecified atom stereocenters. The number of aromatic nitrogens is 4. The first kappa shape index (κ1) is 16.1. The lowest BCUT2D eigenvalue weighted by Gasteiger charge is -2.18. The zero-order valence-corrected chi connectivity index (χ0v) is 15.3. The van der Waals surface area contributed by atoms with Crippen LogP contribution in [0.25, 0.3) is 21.9 Å². The van der Waals surface area contributed by atoms with Gasteiger partial charge in [0, 0.05) is 25.5 Å². The van der Waals surface area contributed by atoms with Gasteiger partial charge in [-0.05, 0) is 42.1 Å². The lowest BCUT2D eigenvalue weighted by Crippen LogP contribution is -2.29. The summed E-state index contributed by atoms with van der Waals surface area (Å²) in [6, 6.07) is 13.6. The summed E-state index contributed by atoms with van der Waals surface area (Å²) in [7, 11) is 0. The fourth-order valence-corrected chi connectivity index (χ4v) is 4.35. The van der Waals surface area contributed by atoms with Crippen molar-refractivity contribution in [2.24, 2.45) is 0 Å². The number of pyridine rings is 2. The molecule has 4 aromatic rings. The molecule has 134 valence electrons. The molecule has 1 saturated heterocycles. The van der Waals surface area contributed by atoms with E-state index < -0.39 is 0 Å². The molecule has 1 amide bonds. The van der Waals surface area contributed by atoms with Crippen LogP contribution in [0, 0.1) is 0 Å². The molecule has 0 aromatic carbocycles. The van der Waals surface area contributed by atoms with Gasteiger partial charge < -0.3 is 9.47 Å². The Kier molecular flexibility index (Phi) is 3.94. The Morgan fingerprint density at radius 3 is 2.81 bits per heavy atom. The summed E-state index contributed by atoms with van der Waals surface area (Å²) in [6.45, 7) is 1.34. The number of hydrogen-bond acceptors (Lipinski definition) is 5. The maximum atomic E-state index is 12.8. The molecule has 7 heteroatoms. The summed E-state index contributed by atoms with van der Waals surface area (Å²) in [6.07, 6.45) is 4.33. The average molecular weight is 375 g/mol. The third kappa shape index (κ3) is 2.80. The molecule has 0 radical (unpaired) electrons. The van der Waals surface area contributed by atoms with Gasteiger partial charge in [0.15, 0.2) is 11.5 Å². The van der Waals surface area contributed by atoms with E-state index in [0.717, 1.165) is 28.3 Å². The summed E-state index contributed by atoms with van der Waals surface area (Å²) in [5.41, 5.74) is 2.25. The number of carbonyl (C=O) groups excluding carboxylic acids is 1. The first-order valence-corrected chi connectivity index (χ1v) is 9.76. The number of amides is 1. The van der Waals surface area contributed by atoms with Gasteiger partial charge in [-0.1, -0.05) is 12.1 Å². The van der Waals surface area contributed by atoms with Gasteiger partial charge in [0.25, 0.3) is 5.91 Å². The van der Waals surface area contributed by atoms with E-state index in [-0.39, 0.29) is 11.9 Å². The van der Waals surface area contributed by atoms with Crippen LogP contribution in [0.4, 0.5) is 0 Å². The second-order valence-electron chi connectivity index (χ2n) is 6.54. The molecule has 0 spiro atoms.